The molecule has 0 amide bonds. The Kier molecular flexibility index (Phi) is 27.9. The first-order valence-electron chi connectivity index (χ1n) is 17.4. The number of carbonyl (C=O) groups is 3. The molecule has 0 heterocycles. The lowest BCUT2D eigenvalue weighted by Gasteiger charge is -2.39. The summed E-state index contributed by atoms with van der Waals surface area (Å²) < 4.78 is 0.615. The molecule has 0 aromatic rings. The van der Waals surface area contributed by atoms with E-state index >= 15 is 0 Å². The van der Waals surface area contributed by atoms with E-state index in [4.69, 9.17) is 10.2 Å². The van der Waals surface area contributed by atoms with Crippen molar-refractivity contribution in [3.63, 3.8) is 0 Å². The van der Waals surface area contributed by atoms with Crippen molar-refractivity contribution in [1.29, 1.82) is 0 Å². The zero-order valence-electron chi connectivity index (χ0n) is 27.1. The van der Waals surface area contributed by atoms with Gasteiger partial charge in [0.2, 0.25) is 0 Å². The molecule has 7 heteroatoms. The third-order valence-corrected chi connectivity index (χ3v) is 8.45. The average Bonchev–Trinajstić information content (AvgIpc) is 2.93. The molecule has 0 spiro atoms. The number of carboxylic acids is 3. The van der Waals surface area contributed by atoms with Gasteiger partial charge in [-0.1, -0.05) is 109 Å². The number of hydrogen-bond donors (Lipinski definition) is 2. The van der Waals surface area contributed by atoms with Gasteiger partial charge in [-0.3, -0.25) is 9.59 Å². The number of carboxylic acid groups (broad SMARTS) is 3. The van der Waals surface area contributed by atoms with Gasteiger partial charge in [-0.15, -0.1) is 0 Å². The third-order valence-electron chi connectivity index (χ3n) is 8.45. The number of unbranched alkanes of at least 4 members (excludes halogenated alkanes) is 17. The van der Waals surface area contributed by atoms with Crippen molar-refractivity contribution in [2.24, 2.45) is 0 Å². The summed E-state index contributed by atoms with van der Waals surface area (Å²) in [7, 11) is 0. The summed E-state index contributed by atoms with van der Waals surface area (Å²) in [6, 6.07) is 0. The van der Waals surface area contributed by atoms with E-state index in [0.29, 0.717) is 43.4 Å². The van der Waals surface area contributed by atoms with E-state index < -0.39 is 17.9 Å². The van der Waals surface area contributed by atoms with E-state index in [1.165, 1.54) is 109 Å². The molecule has 0 saturated heterocycles. The first kappa shape index (κ1) is 40.1. The van der Waals surface area contributed by atoms with Crippen LogP contribution in [0.3, 0.4) is 0 Å². The number of carbonyl (C=O) groups excluding carboxylic acids is 1. The molecule has 0 atom stereocenters. The Balaban J connectivity index is 4.02. The quantitative estimate of drug-likeness (QED) is 0.0451. The predicted octanol–water partition coefficient (Wildman–Crippen LogP) is 8.05. The van der Waals surface area contributed by atoms with E-state index in [1.807, 2.05) is 0 Å². The molecule has 0 unspecified atom stereocenters. The van der Waals surface area contributed by atoms with Gasteiger partial charge in [0.25, 0.3) is 0 Å². The van der Waals surface area contributed by atoms with Crippen LogP contribution < -0.4 is 5.11 Å². The third kappa shape index (κ3) is 28.2. The fraction of sp³-hybridized carbons (Fsp3) is 0.857. The second-order valence-corrected chi connectivity index (χ2v) is 12.4. The minimum atomic E-state index is -1.07. The molecular formula is C35H65NO6. The zero-order valence-corrected chi connectivity index (χ0v) is 27.1. The largest absolute Gasteiger partial charge is 0.550 e. The van der Waals surface area contributed by atoms with Crippen molar-refractivity contribution in [1.82, 2.24) is 0 Å². The standard InChI is InChI=1S/C35H65NO6/c1-2-3-4-5-6-7-8-9-10-11-12-13-14-15-16-17-18-19-20-21-22-29-36(30-23-26-33(37)38,31-24-27-34(39)40)32-25-28-35(41)42/h5-6H,2-4,7-32H2,1H3,(H2-,37,38,39,40,41,42)/b6-5+. The lowest BCUT2D eigenvalue weighted by molar-refractivity contribution is -0.929. The lowest BCUT2D eigenvalue weighted by atomic mass is 10.0. The van der Waals surface area contributed by atoms with Crippen LogP contribution in [0, 0.1) is 0 Å². The van der Waals surface area contributed by atoms with Crippen LogP contribution >= 0.6 is 0 Å². The van der Waals surface area contributed by atoms with E-state index in [1.54, 1.807) is 0 Å². The molecule has 0 rings (SSSR count). The minimum absolute atomic E-state index is 0.0187. The SMILES string of the molecule is CCCC/C=C/CCCCCCCCCCCCCCCCC[N+](CCCC(=O)[O-])(CCCC(=O)O)CCCC(=O)O. The maximum Gasteiger partial charge on any atom is 0.303 e. The molecule has 0 aliphatic carbocycles. The van der Waals surface area contributed by atoms with Crippen LogP contribution in [0.2, 0.25) is 0 Å². The normalized spacial score (nSPS) is 11.8. The Labute approximate surface area is 257 Å². The molecule has 0 aliphatic heterocycles. The van der Waals surface area contributed by atoms with Gasteiger partial charge >= 0.3 is 11.9 Å². The first-order chi connectivity index (χ1) is 20.3. The van der Waals surface area contributed by atoms with Crippen LogP contribution in [0.4, 0.5) is 0 Å². The average molecular weight is 596 g/mol. The molecule has 246 valence electrons. The number of nitrogens with zero attached hydrogens (tertiary/aromatic N) is 1. The maximum atomic E-state index is 11.1. The summed E-state index contributed by atoms with van der Waals surface area (Å²) in [6.07, 6.45) is 30.8. The predicted molar refractivity (Wildman–Crippen MR) is 170 cm³/mol. The highest BCUT2D eigenvalue weighted by atomic mass is 16.4. The van der Waals surface area contributed by atoms with Crippen LogP contribution in [0.5, 0.6) is 0 Å². The van der Waals surface area contributed by atoms with Crippen LogP contribution in [-0.4, -0.2) is 58.8 Å². The maximum absolute atomic E-state index is 11.1. The van der Waals surface area contributed by atoms with Gasteiger partial charge in [0.15, 0.2) is 0 Å². The highest BCUT2D eigenvalue weighted by Crippen LogP contribution is 2.19. The van der Waals surface area contributed by atoms with E-state index in [2.05, 4.69) is 19.1 Å². The Bertz CT molecular complexity index is 643. The number of aliphatic carboxylic acids is 3. The van der Waals surface area contributed by atoms with Gasteiger partial charge in [0.05, 0.1) is 39.0 Å². The molecule has 42 heavy (non-hydrogen) atoms. The van der Waals surface area contributed by atoms with Crippen LogP contribution in [0.25, 0.3) is 0 Å². The van der Waals surface area contributed by atoms with Gasteiger partial charge in [-0.05, 0) is 38.5 Å². The van der Waals surface area contributed by atoms with Crippen molar-refractivity contribution in [2.45, 2.75) is 167 Å². The molecule has 0 bridgehead atoms. The monoisotopic (exact) mass is 595 g/mol. The minimum Gasteiger partial charge on any atom is -0.550 e. The van der Waals surface area contributed by atoms with Gasteiger partial charge in [-0.25, -0.2) is 0 Å². The van der Waals surface area contributed by atoms with Gasteiger partial charge in [0.1, 0.15) is 0 Å². The van der Waals surface area contributed by atoms with Crippen molar-refractivity contribution in [3.8, 4) is 0 Å². The van der Waals surface area contributed by atoms with Gasteiger partial charge in [0, 0.05) is 25.2 Å². The molecule has 2 N–H and O–H groups in total. The summed E-state index contributed by atoms with van der Waals surface area (Å²) in [5, 5.41) is 29.2. The highest BCUT2D eigenvalue weighted by Gasteiger charge is 2.26. The second kappa shape index (κ2) is 29.2. The van der Waals surface area contributed by atoms with Gasteiger partial charge < -0.3 is 24.6 Å². The van der Waals surface area contributed by atoms with E-state index in [-0.39, 0.29) is 19.3 Å². The summed E-state index contributed by atoms with van der Waals surface area (Å²) in [4.78, 5) is 33.1. The number of hydrogen-bond acceptors (Lipinski definition) is 4. The lowest BCUT2D eigenvalue weighted by Crippen LogP contribution is -2.51. The van der Waals surface area contributed by atoms with Crippen LogP contribution in [-0.2, 0) is 14.4 Å². The summed E-state index contributed by atoms with van der Waals surface area (Å²) in [6.45, 7) is 5.02. The highest BCUT2D eigenvalue weighted by molar-refractivity contribution is 5.66. The van der Waals surface area contributed by atoms with Crippen molar-refractivity contribution < 1.29 is 34.2 Å². The van der Waals surface area contributed by atoms with Crippen LogP contribution in [0.1, 0.15) is 167 Å². The molecular weight excluding hydrogens is 530 g/mol. The topological polar surface area (TPSA) is 115 Å². The number of allylic oxidation sites excluding steroid dienone is 2. The molecule has 0 aromatic carbocycles. The summed E-state index contributed by atoms with van der Waals surface area (Å²) in [5.41, 5.74) is 0. The smallest absolute Gasteiger partial charge is 0.303 e. The number of rotatable bonds is 33. The van der Waals surface area contributed by atoms with Crippen molar-refractivity contribution in [2.75, 3.05) is 26.2 Å². The molecule has 0 aromatic heterocycles. The molecule has 7 nitrogen and oxygen atoms in total. The molecule has 0 radical (unpaired) electrons. The molecule has 0 aliphatic rings. The number of quaternary nitrogens is 1. The fourth-order valence-electron chi connectivity index (χ4n) is 5.93. The first-order valence-corrected chi connectivity index (χ1v) is 17.4. The fourth-order valence-corrected chi connectivity index (χ4v) is 5.93. The van der Waals surface area contributed by atoms with E-state index in [0.717, 1.165) is 19.4 Å². The Morgan fingerprint density at radius 3 is 1.21 bits per heavy atom. The van der Waals surface area contributed by atoms with Crippen LogP contribution in [0.15, 0.2) is 12.2 Å². The summed E-state index contributed by atoms with van der Waals surface area (Å²) in [5.74, 6) is -2.74. The Hall–Kier alpha value is -1.89. The molecule has 0 saturated carbocycles. The zero-order chi connectivity index (χ0) is 31.2. The van der Waals surface area contributed by atoms with E-state index in [9.17, 15) is 19.5 Å². The molecule has 0 fully saturated rings. The Morgan fingerprint density at radius 1 is 0.500 bits per heavy atom. The second-order valence-electron chi connectivity index (χ2n) is 12.4. The van der Waals surface area contributed by atoms with Crippen molar-refractivity contribution >= 4 is 17.9 Å². The van der Waals surface area contributed by atoms with Gasteiger partial charge in [-0.2, -0.15) is 0 Å². The Morgan fingerprint density at radius 2 is 0.833 bits per heavy atom. The van der Waals surface area contributed by atoms with Crippen molar-refractivity contribution in [3.05, 3.63) is 12.2 Å². The summed E-state index contributed by atoms with van der Waals surface area (Å²) >= 11 is 0.